The zero-order valence-electron chi connectivity index (χ0n) is 9.93. The van der Waals surface area contributed by atoms with Gasteiger partial charge >= 0.3 is 0 Å². The Morgan fingerprint density at radius 1 is 1.47 bits per heavy atom. The molecule has 0 fully saturated rings. The Kier molecular flexibility index (Phi) is 2.44. The number of nitrogens with zero attached hydrogens (tertiary/aromatic N) is 3. The lowest BCUT2D eigenvalue weighted by Crippen LogP contribution is -2.31. The molecule has 4 nitrogen and oxygen atoms in total. The highest BCUT2D eigenvalue weighted by molar-refractivity contribution is 5.61. The predicted octanol–water partition coefficient (Wildman–Crippen LogP) is 1.53. The summed E-state index contributed by atoms with van der Waals surface area (Å²) in [6.07, 6.45) is 5.59. The van der Waals surface area contributed by atoms with Crippen molar-refractivity contribution in [2.75, 3.05) is 0 Å². The van der Waals surface area contributed by atoms with Crippen LogP contribution in [0.2, 0.25) is 0 Å². The maximum Gasteiger partial charge on any atom is 0.106 e. The van der Waals surface area contributed by atoms with E-state index in [0.29, 0.717) is 0 Å². The molecule has 0 bridgehead atoms. The van der Waals surface area contributed by atoms with Crippen LogP contribution in [0.5, 0.6) is 0 Å². The number of imidazole rings is 1. The van der Waals surface area contributed by atoms with Crippen LogP contribution in [-0.2, 0) is 13.0 Å². The van der Waals surface area contributed by atoms with Crippen molar-refractivity contribution >= 4 is 0 Å². The highest BCUT2D eigenvalue weighted by Crippen LogP contribution is 2.27. The Bertz CT molecular complexity index is 530. The highest BCUT2D eigenvalue weighted by atomic mass is 15.1. The number of nitrogens with two attached hydrogens (primary N) is 1. The van der Waals surface area contributed by atoms with Gasteiger partial charge in [0.15, 0.2) is 0 Å². The number of rotatable bonds is 1. The molecule has 0 saturated carbocycles. The van der Waals surface area contributed by atoms with Gasteiger partial charge in [0, 0.05) is 42.7 Å². The second-order valence-corrected chi connectivity index (χ2v) is 4.60. The first-order valence-corrected chi connectivity index (χ1v) is 5.97. The van der Waals surface area contributed by atoms with E-state index in [1.807, 2.05) is 12.3 Å². The summed E-state index contributed by atoms with van der Waals surface area (Å²) in [6.45, 7) is 3.04. The van der Waals surface area contributed by atoms with Crippen molar-refractivity contribution in [3.8, 4) is 11.3 Å². The van der Waals surface area contributed by atoms with Gasteiger partial charge in [-0.25, -0.2) is 4.98 Å². The second-order valence-electron chi connectivity index (χ2n) is 4.60. The van der Waals surface area contributed by atoms with Crippen LogP contribution in [-0.4, -0.2) is 20.6 Å². The zero-order chi connectivity index (χ0) is 11.8. The molecule has 17 heavy (non-hydrogen) atoms. The third-order valence-corrected chi connectivity index (χ3v) is 3.38. The first-order valence-electron chi connectivity index (χ1n) is 5.97. The molecule has 1 unspecified atom stereocenters. The van der Waals surface area contributed by atoms with E-state index in [-0.39, 0.29) is 6.04 Å². The molecule has 0 amide bonds. The number of aromatic nitrogens is 3. The second kappa shape index (κ2) is 3.96. The molecule has 1 atom stereocenters. The smallest absolute Gasteiger partial charge is 0.106 e. The van der Waals surface area contributed by atoms with E-state index in [1.165, 1.54) is 5.69 Å². The SMILES string of the molecule is Cc1nc(-c2cccnc2)c2n1CCC(N)C2. The third-order valence-electron chi connectivity index (χ3n) is 3.38. The molecule has 0 radical (unpaired) electrons. The monoisotopic (exact) mass is 228 g/mol. The molecular formula is C13H16N4. The molecule has 2 aromatic rings. The number of hydrogen-bond donors (Lipinski definition) is 1. The van der Waals surface area contributed by atoms with E-state index >= 15 is 0 Å². The van der Waals surface area contributed by atoms with Gasteiger partial charge in [-0.15, -0.1) is 0 Å². The van der Waals surface area contributed by atoms with Crippen LogP contribution in [0.4, 0.5) is 0 Å². The molecule has 2 N–H and O–H groups in total. The van der Waals surface area contributed by atoms with Crippen LogP contribution in [0, 0.1) is 6.92 Å². The van der Waals surface area contributed by atoms with Gasteiger partial charge in [-0.2, -0.15) is 0 Å². The van der Waals surface area contributed by atoms with Crippen molar-refractivity contribution in [1.29, 1.82) is 0 Å². The molecule has 88 valence electrons. The van der Waals surface area contributed by atoms with E-state index in [4.69, 9.17) is 5.73 Å². The largest absolute Gasteiger partial charge is 0.332 e. The summed E-state index contributed by atoms with van der Waals surface area (Å²) in [7, 11) is 0. The highest BCUT2D eigenvalue weighted by Gasteiger charge is 2.22. The summed E-state index contributed by atoms with van der Waals surface area (Å²) >= 11 is 0. The van der Waals surface area contributed by atoms with Crippen LogP contribution in [0.3, 0.4) is 0 Å². The van der Waals surface area contributed by atoms with Gasteiger partial charge in [-0.05, 0) is 25.5 Å². The molecule has 1 aliphatic rings. The van der Waals surface area contributed by atoms with E-state index < -0.39 is 0 Å². The molecule has 0 aliphatic carbocycles. The molecule has 0 spiro atoms. The summed E-state index contributed by atoms with van der Waals surface area (Å²) in [5.74, 6) is 1.07. The van der Waals surface area contributed by atoms with Crippen LogP contribution < -0.4 is 5.73 Å². The maximum atomic E-state index is 6.05. The minimum Gasteiger partial charge on any atom is -0.332 e. The fourth-order valence-electron chi connectivity index (χ4n) is 2.49. The van der Waals surface area contributed by atoms with Gasteiger partial charge in [0.05, 0.1) is 5.69 Å². The van der Waals surface area contributed by atoms with Crippen LogP contribution in [0.15, 0.2) is 24.5 Å². The molecule has 3 rings (SSSR count). The molecule has 0 saturated heterocycles. The van der Waals surface area contributed by atoms with Gasteiger partial charge in [-0.1, -0.05) is 0 Å². The predicted molar refractivity (Wildman–Crippen MR) is 66.5 cm³/mol. The fraction of sp³-hybridized carbons (Fsp3) is 0.385. The summed E-state index contributed by atoms with van der Waals surface area (Å²) in [4.78, 5) is 8.82. The minimum atomic E-state index is 0.258. The fourth-order valence-corrected chi connectivity index (χ4v) is 2.49. The Hall–Kier alpha value is -1.68. The first kappa shape index (κ1) is 10.5. The molecule has 2 aromatic heterocycles. The maximum absolute atomic E-state index is 6.05. The van der Waals surface area contributed by atoms with Crippen molar-refractivity contribution < 1.29 is 0 Å². The Morgan fingerprint density at radius 3 is 3.12 bits per heavy atom. The van der Waals surface area contributed by atoms with E-state index in [9.17, 15) is 0 Å². The van der Waals surface area contributed by atoms with Gasteiger partial charge in [0.25, 0.3) is 0 Å². The van der Waals surface area contributed by atoms with Gasteiger partial charge < -0.3 is 10.3 Å². The zero-order valence-corrected chi connectivity index (χ0v) is 9.93. The van der Waals surface area contributed by atoms with Crippen molar-refractivity contribution in [3.63, 3.8) is 0 Å². The van der Waals surface area contributed by atoms with Crippen molar-refractivity contribution in [1.82, 2.24) is 14.5 Å². The first-order chi connectivity index (χ1) is 8.25. The van der Waals surface area contributed by atoms with E-state index in [0.717, 1.165) is 36.5 Å². The van der Waals surface area contributed by atoms with Crippen LogP contribution in [0.1, 0.15) is 17.9 Å². The average molecular weight is 228 g/mol. The standard InChI is InChI=1S/C13H16N4/c1-9-16-13(10-3-2-5-15-8-10)12-7-11(14)4-6-17(9)12/h2-3,5,8,11H,4,6-7,14H2,1H3. The minimum absolute atomic E-state index is 0.258. The summed E-state index contributed by atoms with van der Waals surface area (Å²) in [5, 5.41) is 0. The molecule has 4 heteroatoms. The lowest BCUT2D eigenvalue weighted by atomic mass is 10.0. The van der Waals surface area contributed by atoms with Gasteiger partial charge in [0.1, 0.15) is 5.82 Å². The normalized spacial score (nSPS) is 19.1. The summed E-state index contributed by atoms with van der Waals surface area (Å²) in [5.41, 5.74) is 9.44. The van der Waals surface area contributed by atoms with Gasteiger partial charge in [0.2, 0.25) is 0 Å². The summed E-state index contributed by atoms with van der Waals surface area (Å²) in [6, 6.07) is 4.25. The van der Waals surface area contributed by atoms with E-state index in [2.05, 4.69) is 27.5 Å². The third kappa shape index (κ3) is 1.74. The molecule has 0 aromatic carbocycles. The number of fused-ring (bicyclic) bond motifs is 1. The van der Waals surface area contributed by atoms with Crippen LogP contribution in [0.25, 0.3) is 11.3 Å². The van der Waals surface area contributed by atoms with Crippen molar-refractivity contribution in [2.24, 2.45) is 5.73 Å². The van der Waals surface area contributed by atoms with Crippen molar-refractivity contribution in [3.05, 3.63) is 36.0 Å². The van der Waals surface area contributed by atoms with Crippen LogP contribution >= 0.6 is 0 Å². The summed E-state index contributed by atoms with van der Waals surface area (Å²) < 4.78 is 2.28. The Balaban J connectivity index is 2.13. The number of hydrogen-bond acceptors (Lipinski definition) is 3. The number of aryl methyl sites for hydroxylation is 1. The van der Waals surface area contributed by atoms with Gasteiger partial charge in [-0.3, -0.25) is 4.98 Å². The molecule has 1 aliphatic heterocycles. The lowest BCUT2D eigenvalue weighted by Gasteiger charge is -2.22. The molecule has 3 heterocycles. The molecular weight excluding hydrogens is 212 g/mol. The van der Waals surface area contributed by atoms with Crippen molar-refractivity contribution in [2.45, 2.75) is 32.4 Å². The quantitative estimate of drug-likeness (QED) is 0.805. The Morgan fingerprint density at radius 2 is 2.35 bits per heavy atom. The van der Waals surface area contributed by atoms with E-state index in [1.54, 1.807) is 6.20 Å². The lowest BCUT2D eigenvalue weighted by molar-refractivity contribution is 0.466. The topological polar surface area (TPSA) is 56.7 Å². The average Bonchev–Trinajstić information content (AvgIpc) is 2.67. The Labute approximate surface area is 101 Å². The number of pyridine rings is 1.